The highest BCUT2D eigenvalue weighted by molar-refractivity contribution is 5.87. The summed E-state index contributed by atoms with van der Waals surface area (Å²) < 4.78 is 18.7. The summed E-state index contributed by atoms with van der Waals surface area (Å²) in [6.45, 7) is 0.233. The van der Waals surface area contributed by atoms with E-state index in [9.17, 15) is 9.18 Å². The van der Waals surface area contributed by atoms with Crippen LogP contribution in [-0.4, -0.2) is 22.7 Å². The fraction of sp³-hybridized carbons (Fsp3) is 0.143. The number of hydrogen-bond donors (Lipinski definition) is 1. The van der Waals surface area contributed by atoms with Crippen molar-refractivity contribution in [2.45, 2.75) is 6.42 Å². The lowest BCUT2D eigenvalue weighted by atomic mass is 10.1. The van der Waals surface area contributed by atoms with Crippen molar-refractivity contribution in [3.63, 3.8) is 0 Å². The van der Waals surface area contributed by atoms with Crippen molar-refractivity contribution in [1.29, 1.82) is 0 Å². The van der Waals surface area contributed by atoms with Gasteiger partial charge in [0, 0.05) is 18.7 Å². The van der Waals surface area contributed by atoms with Crippen LogP contribution in [0.25, 0.3) is 0 Å². The van der Waals surface area contributed by atoms with Crippen LogP contribution in [0, 0.1) is 5.82 Å². The maximum absolute atomic E-state index is 13.3. The Morgan fingerprint density at radius 3 is 2.84 bits per heavy atom. The molecule has 2 aromatic rings. The molecule has 2 rings (SSSR count). The molecule has 98 valence electrons. The van der Waals surface area contributed by atoms with E-state index in [1.807, 2.05) is 0 Å². The Hall–Kier alpha value is -2.43. The lowest BCUT2D eigenvalue weighted by molar-refractivity contribution is 0.0696. The predicted molar refractivity (Wildman–Crippen MR) is 66.8 cm³/mol. The largest absolute Gasteiger partial charge is 0.478 e. The minimum Gasteiger partial charge on any atom is -0.478 e. The number of hydrogen-bond acceptors (Lipinski definition) is 3. The van der Waals surface area contributed by atoms with Crippen LogP contribution in [0.1, 0.15) is 15.9 Å². The van der Waals surface area contributed by atoms with E-state index in [1.54, 1.807) is 18.2 Å². The SMILES string of the molecule is O=C(O)c1ccnc(OCCc2ccccc2F)c1. The molecule has 4 nitrogen and oxygen atoms in total. The number of aromatic nitrogens is 1. The Balaban J connectivity index is 1.94. The van der Waals surface area contributed by atoms with Crippen molar-refractivity contribution in [3.05, 3.63) is 59.5 Å². The van der Waals surface area contributed by atoms with Crippen LogP contribution in [0.4, 0.5) is 4.39 Å². The standard InChI is InChI=1S/C14H12FNO3/c15-12-4-2-1-3-10(12)6-8-19-13-9-11(14(17)18)5-7-16-13/h1-5,7,9H,6,8H2,(H,17,18). The molecule has 0 unspecified atom stereocenters. The lowest BCUT2D eigenvalue weighted by Crippen LogP contribution is -2.05. The second kappa shape index (κ2) is 5.95. The third-order valence-corrected chi connectivity index (χ3v) is 2.56. The summed E-state index contributed by atoms with van der Waals surface area (Å²) >= 11 is 0. The zero-order valence-electron chi connectivity index (χ0n) is 10.0. The molecule has 0 atom stereocenters. The van der Waals surface area contributed by atoms with Crippen molar-refractivity contribution in [2.24, 2.45) is 0 Å². The van der Waals surface area contributed by atoms with Gasteiger partial charge in [0.05, 0.1) is 12.2 Å². The third kappa shape index (κ3) is 3.51. The molecule has 0 bridgehead atoms. The van der Waals surface area contributed by atoms with Gasteiger partial charge in [0.1, 0.15) is 5.82 Å². The number of rotatable bonds is 5. The number of halogens is 1. The molecule has 1 N–H and O–H groups in total. The van der Waals surface area contributed by atoms with E-state index in [0.29, 0.717) is 12.0 Å². The number of carboxylic acid groups (broad SMARTS) is 1. The van der Waals surface area contributed by atoms with Crippen molar-refractivity contribution in [1.82, 2.24) is 4.98 Å². The van der Waals surface area contributed by atoms with Gasteiger partial charge in [-0.3, -0.25) is 0 Å². The maximum atomic E-state index is 13.3. The highest BCUT2D eigenvalue weighted by atomic mass is 19.1. The number of nitrogens with zero attached hydrogens (tertiary/aromatic N) is 1. The summed E-state index contributed by atoms with van der Waals surface area (Å²) in [5, 5.41) is 8.82. The quantitative estimate of drug-likeness (QED) is 0.898. The highest BCUT2D eigenvalue weighted by Gasteiger charge is 2.05. The van der Waals surface area contributed by atoms with E-state index in [1.165, 1.54) is 24.4 Å². The second-order valence-corrected chi connectivity index (χ2v) is 3.88. The average molecular weight is 261 g/mol. The average Bonchev–Trinajstić information content (AvgIpc) is 2.41. The van der Waals surface area contributed by atoms with Gasteiger partial charge in [0.15, 0.2) is 0 Å². The van der Waals surface area contributed by atoms with Gasteiger partial charge >= 0.3 is 5.97 Å². The third-order valence-electron chi connectivity index (χ3n) is 2.56. The minimum absolute atomic E-state index is 0.107. The second-order valence-electron chi connectivity index (χ2n) is 3.88. The fourth-order valence-electron chi connectivity index (χ4n) is 1.59. The van der Waals surface area contributed by atoms with Gasteiger partial charge in [-0.25, -0.2) is 14.2 Å². The van der Waals surface area contributed by atoms with Gasteiger partial charge in [0.25, 0.3) is 0 Å². The highest BCUT2D eigenvalue weighted by Crippen LogP contribution is 2.11. The predicted octanol–water partition coefficient (Wildman–Crippen LogP) is 2.54. The zero-order chi connectivity index (χ0) is 13.7. The van der Waals surface area contributed by atoms with Gasteiger partial charge in [-0.05, 0) is 17.7 Å². The summed E-state index contributed by atoms with van der Waals surface area (Å²) in [5.41, 5.74) is 0.660. The molecule has 0 fully saturated rings. The number of benzene rings is 1. The molecule has 5 heteroatoms. The first-order valence-electron chi connectivity index (χ1n) is 5.72. The Morgan fingerprint density at radius 2 is 2.11 bits per heavy atom. The molecule has 0 aliphatic carbocycles. The van der Waals surface area contributed by atoms with Crippen molar-refractivity contribution < 1.29 is 19.0 Å². The van der Waals surface area contributed by atoms with Crippen LogP contribution >= 0.6 is 0 Å². The van der Waals surface area contributed by atoms with E-state index in [4.69, 9.17) is 9.84 Å². The van der Waals surface area contributed by atoms with Gasteiger partial charge in [-0.1, -0.05) is 18.2 Å². The molecule has 0 radical (unpaired) electrons. The molecule has 0 saturated heterocycles. The Morgan fingerprint density at radius 1 is 1.32 bits per heavy atom. The van der Waals surface area contributed by atoms with E-state index in [0.717, 1.165) is 0 Å². The van der Waals surface area contributed by atoms with E-state index >= 15 is 0 Å². The molecular weight excluding hydrogens is 249 g/mol. The first kappa shape index (κ1) is 13.0. The number of aromatic carboxylic acids is 1. The summed E-state index contributed by atoms with van der Waals surface area (Å²) in [4.78, 5) is 14.7. The number of carboxylic acids is 1. The van der Waals surface area contributed by atoms with E-state index < -0.39 is 5.97 Å². The van der Waals surface area contributed by atoms with Crippen molar-refractivity contribution in [2.75, 3.05) is 6.61 Å². The molecule has 0 spiro atoms. The topological polar surface area (TPSA) is 59.4 Å². The molecule has 0 amide bonds. The van der Waals surface area contributed by atoms with Crippen LogP contribution in [-0.2, 0) is 6.42 Å². The first-order chi connectivity index (χ1) is 9.16. The smallest absolute Gasteiger partial charge is 0.335 e. The van der Waals surface area contributed by atoms with Crippen LogP contribution in [0.15, 0.2) is 42.6 Å². The monoisotopic (exact) mass is 261 g/mol. The Kier molecular flexibility index (Phi) is 4.07. The summed E-state index contributed by atoms with van der Waals surface area (Å²) in [6, 6.07) is 9.16. The molecule has 0 aliphatic heterocycles. The van der Waals surface area contributed by atoms with Crippen LogP contribution in [0.2, 0.25) is 0 Å². The summed E-state index contributed by atoms with van der Waals surface area (Å²) in [5.74, 6) is -1.10. The van der Waals surface area contributed by atoms with Crippen LogP contribution in [0.3, 0.4) is 0 Å². The molecule has 19 heavy (non-hydrogen) atoms. The number of carbonyl (C=O) groups is 1. The van der Waals surface area contributed by atoms with Crippen molar-refractivity contribution in [3.8, 4) is 5.88 Å². The Bertz CT molecular complexity index is 586. The van der Waals surface area contributed by atoms with Gasteiger partial charge in [-0.15, -0.1) is 0 Å². The summed E-state index contributed by atoms with van der Waals surface area (Å²) in [7, 11) is 0. The first-order valence-corrected chi connectivity index (χ1v) is 5.72. The Labute approximate surface area is 109 Å². The number of ether oxygens (including phenoxy) is 1. The zero-order valence-corrected chi connectivity index (χ0v) is 10.0. The summed E-state index contributed by atoms with van der Waals surface area (Å²) in [6.07, 6.45) is 1.76. The van der Waals surface area contributed by atoms with Crippen LogP contribution in [0.5, 0.6) is 5.88 Å². The minimum atomic E-state index is -1.04. The van der Waals surface area contributed by atoms with Crippen molar-refractivity contribution >= 4 is 5.97 Å². The molecular formula is C14H12FNO3. The molecule has 1 aromatic heterocycles. The number of pyridine rings is 1. The van der Waals surface area contributed by atoms with Crippen LogP contribution < -0.4 is 4.74 Å². The lowest BCUT2D eigenvalue weighted by Gasteiger charge is -2.06. The normalized spacial score (nSPS) is 10.2. The molecule has 1 heterocycles. The maximum Gasteiger partial charge on any atom is 0.335 e. The molecule has 0 saturated carbocycles. The fourth-order valence-corrected chi connectivity index (χ4v) is 1.59. The van der Waals surface area contributed by atoms with Gasteiger partial charge in [0.2, 0.25) is 5.88 Å². The van der Waals surface area contributed by atoms with E-state index in [2.05, 4.69) is 4.98 Å². The van der Waals surface area contributed by atoms with Gasteiger partial charge < -0.3 is 9.84 Å². The van der Waals surface area contributed by atoms with Gasteiger partial charge in [-0.2, -0.15) is 0 Å². The van der Waals surface area contributed by atoms with E-state index in [-0.39, 0.29) is 23.9 Å². The molecule has 0 aliphatic rings. The molecule has 1 aromatic carbocycles.